The van der Waals surface area contributed by atoms with Gasteiger partial charge < -0.3 is 5.32 Å². The zero-order valence-electron chi connectivity index (χ0n) is 13.5. The zero-order valence-corrected chi connectivity index (χ0v) is 15.1. The Labute approximate surface area is 142 Å². The van der Waals surface area contributed by atoms with E-state index in [9.17, 15) is 13.2 Å². The minimum Gasteiger partial charge on any atom is -0.326 e. The van der Waals surface area contributed by atoms with E-state index in [1.54, 1.807) is 12.1 Å². The van der Waals surface area contributed by atoms with Crippen LogP contribution < -0.4 is 5.32 Å². The number of piperidine rings is 1. The van der Waals surface area contributed by atoms with Gasteiger partial charge in [-0.3, -0.25) is 4.79 Å². The highest BCUT2D eigenvalue weighted by Crippen LogP contribution is 2.24. The molecule has 0 aliphatic carbocycles. The van der Waals surface area contributed by atoms with Crippen molar-refractivity contribution in [3.63, 3.8) is 0 Å². The number of hydrogen-bond donors (Lipinski definition) is 1. The number of halogens is 1. The third-order valence-electron chi connectivity index (χ3n) is 4.00. The number of nitrogens with one attached hydrogen (secondary N) is 1. The van der Waals surface area contributed by atoms with Crippen LogP contribution >= 0.6 is 11.6 Å². The van der Waals surface area contributed by atoms with Crippen molar-refractivity contribution in [3.8, 4) is 0 Å². The summed E-state index contributed by atoms with van der Waals surface area (Å²) in [5.41, 5.74) is 1.58. The number of anilines is 1. The molecule has 1 N–H and O–H groups in total. The number of nitrogens with zero attached hydrogens (tertiary/aromatic N) is 2. The largest absolute Gasteiger partial charge is 0.326 e. The summed E-state index contributed by atoms with van der Waals surface area (Å²) in [6.45, 7) is 2.53. The van der Waals surface area contributed by atoms with Crippen molar-refractivity contribution in [1.29, 1.82) is 0 Å². The van der Waals surface area contributed by atoms with Crippen LogP contribution in [-0.2, 0) is 15.0 Å². The molecule has 0 aromatic heterocycles. The first-order valence-corrected chi connectivity index (χ1v) is 9.24. The van der Waals surface area contributed by atoms with Gasteiger partial charge in [-0.05, 0) is 37.5 Å². The molecule has 1 aliphatic rings. The highest BCUT2D eigenvalue weighted by atomic mass is 35.5. The van der Waals surface area contributed by atoms with Crippen LogP contribution in [0, 0.1) is 12.8 Å². The third kappa shape index (κ3) is 4.23. The van der Waals surface area contributed by atoms with Crippen LogP contribution in [0.15, 0.2) is 18.2 Å². The zero-order chi connectivity index (χ0) is 17.2. The SMILES string of the molecule is Cc1ccc(Cl)cc1NC(=O)C1CCCN(S(=O)(=O)N(C)C)C1. The molecule has 1 atom stereocenters. The fourth-order valence-electron chi connectivity index (χ4n) is 2.56. The van der Waals surface area contributed by atoms with Crippen molar-refractivity contribution in [3.05, 3.63) is 28.8 Å². The van der Waals surface area contributed by atoms with Gasteiger partial charge in [0.2, 0.25) is 5.91 Å². The normalized spacial score (nSPS) is 19.8. The van der Waals surface area contributed by atoms with Crippen LogP contribution in [0.4, 0.5) is 5.69 Å². The number of rotatable bonds is 4. The minimum atomic E-state index is -3.49. The Bertz CT molecular complexity index is 691. The fraction of sp³-hybridized carbons (Fsp3) is 0.533. The average molecular weight is 360 g/mol. The van der Waals surface area contributed by atoms with Gasteiger partial charge >= 0.3 is 0 Å². The molecule has 1 aliphatic heterocycles. The molecule has 1 saturated heterocycles. The predicted molar refractivity (Wildman–Crippen MR) is 91.7 cm³/mol. The van der Waals surface area contributed by atoms with Gasteiger partial charge in [0.25, 0.3) is 10.2 Å². The van der Waals surface area contributed by atoms with Crippen LogP contribution in [0.5, 0.6) is 0 Å². The molecule has 1 aromatic carbocycles. The molecule has 0 spiro atoms. The van der Waals surface area contributed by atoms with Gasteiger partial charge in [0.05, 0.1) is 5.92 Å². The summed E-state index contributed by atoms with van der Waals surface area (Å²) in [5.74, 6) is -0.536. The quantitative estimate of drug-likeness (QED) is 0.895. The van der Waals surface area contributed by atoms with E-state index in [4.69, 9.17) is 11.6 Å². The topological polar surface area (TPSA) is 69.7 Å². The Morgan fingerprint density at radius 1 is 1.39 bits per heavy atom. The smallest absolute Gasteiger partial charge is 0.281 e. The van der Waals surface area contributed by atoms with E-state index >= 15 is 0 Å². The third-order valence-corrected chi connectivity index (χ3v) is 6.14. The number of aryl methyl sites for hydroxylation is 1. The molecular formula is C15H22ClN3O3S. The van der Waals surface area contributed by atoms with Crippen LogP contribution in [-0.4, -0.2) is 50.1 Å². The van der Waals surface area contributed by atoms with Crippen molar-refractivity contribution in [2.24, 2.45) is 5.92 Å². The van der Waals surface area contributed by atoms with E-state index in [2.05, 4.69) is 5.32 Å². The molecule has 8 heteroatoms. The molecule has 1 aromatic rings. The Kier molecular flexibility index (Phi) is 5.67. The van der Waals surface area contributed by atoms with E-state index in [1.165, 1.54) is 22.7 Å². The summed E-state index contributed by atoms with van der Waals surface area (Å²) >= 11 is 5.96. The first-order valence-electron chi connectivity index (χ1n) is 7.46. The van der Waals surface area contributed by atoms with Crippen molar-refractivity contribution in [1.82, 2.24) is 8.61 Å². The molecule has 23 heavy (non-hydrogen) atoms. The molecule has 1 heterocycles. The molecule has 128 valence electrons. The number of hydrogen-bond acceptors (Lipinski definition) is 3. The van der Waals surface area contributed by atoms with Crippen molar-refractivity contribution < 1.29 is 13.2 Å². The van der Waals surface area contributed by atoms with E-state index in [-0.39, 0.29) is 18.4 Å². The molecule has 1 fully saturated rings. The van der Waals surface area contributed by atoms with Gasteiger partial charge in [-0.25, -0.2) is 0 Å². The molecule has 0 radical (unpaired) electrons. The van der Waals surface area contributed by atoms with E-state index in [1.807, 2.05) is 13.0 Å². The molecule has 6 nitrogen and oxygen atoms in total. The van der Waals surface area contributed by atoms with E-state index in [0.717, 1.165) is 5.56 Å². The monoisotopic (exact) mass is 359 g/mol. The molecule has 2 rings (SSSR count). The maximum atomic E-state index is 12.5. The standard InChI is InChI=1S/C15H22ClN3O3S/c1-11-6-7-13(16)9-14(11)17-15(20)12-5-4-8-19(10-12)23(21,22)18(2)3/h6-7,9,12H,4-5,8,10H2,1-3H3,(H,17,20). The number of benzene rings is 1. The molecule has 0 saturated carbocycles. The first kappa shape index (κ1) is 18.2. The van der Waals surface area contributed by atoms with E-state index in [0.29, 0.717) is 30.1 Å². The van der Waals surface area contributed by atoms with Gasteiger partial charge in [-0.2, -0.15) is 17.0 Å². The maximum absolute atomic E-state index is 12.5. The summed E-state index contributed by atoms with van der Waals surface area (Å²) in [6.07, 6.45) is 1.34. The lowest BCUT2D eigenvalue weighted by Gasteiger charge is -2.32. The van der Waals surface area contributed by atoms with Crippen molar-refractivity contribution in [2.75, 3.05) is 32.5 Å². The van der Waals surface area contributed by atoms with Crippen LogP contribution in [0.3, 0.4) is 0 Å². The number of carbonyl (C=O) groups is 1. The maximum Gasteiger partial charge on any atom is 0.281 e. The Hall–Kier alpha value is -1.15. The predicted octanol–water partition coefficient (Wildman–Crippen LogP) is 2.11. The Morgan fingerprint density at radius 3 is 2.74 bits per heavy atom. The van der Waals surface area contributed by atoms with Crippen LogP contribution in [0.1, 0.15) is 18.4 Å². The summed E-state index contributed by atoms with van der Waals surface area (Å²) in [6, 6.07) is 5.30. The van der Waals surface area contributed by atoms with Crippen LogP contribution in [0.2, 0.25) is 5.02 Å². The highest BCUT2D eigenvalue weighted by molar-refractivity contribution is 7.86. The lowest BCUT2D eigenvalue weighted by atomic mass is 9.98. The average Bonchev–Trinajstić information content (AvgIpc) is 2.50. The van der Waals surface area contributed by atoms with Gasteiger partial charge in [-0.1, -0.05) is 17.7 Å². The molecule has 1 amide bonds. The summed E-state index contributed by atoms with van der Waals surface area (Å²) < 4.78 is 27.0. The first-order chi connectivity index (χ1) is 10.7. The summed E-state index contributed by atoms with van der Waals surface area (Å²) in [4.78, 5) is 12.5. The highest BCUT2D eigenvalue weighted by Gasteiger charge is 2.33. The van der Waals surface area contributed by atoms with Gasteiger partial charge in [0, 0.05) is 37.9 Å². The van der Waals surface area contributed by atoms with Crippen molar-refractivity contribution in [2.45, 2.75) is 19.8 Å². The summed E-state index contributed by atoms with van der Waals surface area (Å²) in [5, 5.41) is 3.41. The lowest BCUT2D eigenvalue weighted by Crippen LogP contribution is -2.47. The Balaban J connectivity index is 2.09. The molecule has 0 bridgehead atoms. The second kappa shape index (κ2) is 7.17. The summed E-state index contributed by atoms with van der Waals surface area (Å²) in [7, 11) is -0.500. The van der Waals surface area contributed by atoms with E-state index < -0.39 is 10.2 Å². The van der Waals surface area contributed by atoms with Gasteiger partial charge in [0.1, 0.15) is 0 Å². The van der Waals surface area contributed by atoms with Crippen LogP contribution in [0.25, 0.3) is 0 Å². The number of amides is 1. The minimum absolute atomic E-state index is 0.172. The fourth-order valence-corrected chi connectivity index (χ4v) is 3.92. The molecule has 1 unspecified atom stereocenters. The number of carbonyl (C=O) groups excluding carboxylic acids is 1. The van der Waals surface area contributed by atoms with Crippen molar-refractivity contribution >= 4 is 33.4 Å². The second-order valence-corrected chi connectivity index (χ2v) is 8.51. The lowest BCUT2D eigenvalue weighted by molar-refractivity contribution is -0.120. The Morgan fingerprint density at radius 2 is 2.09 bits per heavy atom. The second-order valence-electron chi connectivity index (χ2n) is 5.94. The molecular weight excluding hydrogens is 338 g/mol. The van der Waals surface area contributed by atoms with Gasteiger partial charge in [-0.15, -0.1) is 0 Å². The van der Waals surface area contributed by atoms with Gasteiger partial charge in [0.15, 0.2) is 0 Å².